The summed E-state index contributed by atoms with van der Waals surface area (Å²) in [6.45, 7) is 0. The monoisotopic (exact) mass is 436 g/mol. The lowest BCUT2D eigenvalue weighted by atomic mass is 9.84. The largest absolute Gasteiger partial charge is 0.457 e. The predicted molar refractivity (Wildman–Crippen MR) is 138 cm³/mol. The number of para-hydroxylation sites is 1. The van der Waals surface area contributed by atoms with Crippen molar-refractivity contribution in [1.82, 2.24) is 0 Å². The molecule has 1 atom stereocenters. The molecule has 0 amide bonds. The summed E-state index contributed by atoms with van der Waals surface area (Å²) >= 11 is 0. The molecule has 0 N–H and O–H groups in total. The molecule has 1 fully saturated rings. The van der Waals surface area contributed by atoms with Crippen LogP contribution >= 0.6 is 8.58 Å². The minimum absolute atomic E-state index is 0.630. The van der Waals surface area contributed by atoms with Crippen molar-refractivity contribution in [2.24, 2.45) is 0 Å². The van der Waals surface area contributed by atoms with Crippen LogP contribution < -0.4 is 15.3 Å². The zero-order chi connectivity index (χ0) is 21.6. The fourth-order valence-electron chi connectivity index (χ4n) is 4.67. The highest BCUT2D eigenvalue weighted by molar-refractivity contribution is 7.55. The van der Waals surface area contributed by atoms with E-state index in [9.17, 15) is 0 Å². The van der Waals surface area contributed by atoms with E-state index in [2.05, 4.69) is 103 Å². The number of benzene rings is 4. The van der Waals surface area contributed by atoms with Crippen LogP contribution in [0.2, 0.25) is 0 Å². The normalized spacial score (nSPS) is 14.6. The van der Waals surface area contributed by atoms with Gasteiger partial charge in [0.2, 0.25) is 0 Å². The van der Waals surface area contributed by atoms with Gasteiger partial charge in [0.05, 0.1) is 0 Å². The summed E-state index contributed by atoms with van der Waals surface area (Å²) in [5.41, 5.74) is 3.89. The highest BCUT2D eigenvalue weighted by atomic mass is 31.1. The molecule has 0 bridgehead atoms. The van der Waals surface area contributed by atoms with Crippen molar-refractivity contribution in [2.75, 3.05) is 0 Å². The van der Waals surface area contributed by atoms with Crippen molar-refractivity contribution < 1.29 is 4.74 Å². The smallest absolute Gasteiger partial charge is 0.130 e. The summed E-state index contributed by atoms with van der Waals surface area (Å²) in [5.74, 6) is 2.54. The van der Waals surface area contributed by atoms with Gasteiger partial charge in [0.1, 0.15) is 11.5 Å². The molecule has 1 nitrogen and oxygen atoms in total. The SMILES string of the molecule is c1ccc(Pc2ccccc2-c2ccc(Oc3ccccc3C3CCCCC3)cc2)cc1. The van der Waals surface area contributed by atoms with Crippen LogP contribution in [0.5, 0.6) is 11.5 Å². The zero-order valence-electron chi connectivity index (χ0n) is 18.3. The molecular weight excluding hydrogens is 407 g/mol. The van der Waals surface area contributed by atoms with E-state index in [1.165, 1.54) is 59.4 Å². The fourth-order valence-corrected chi connectivity index (χ4v) is 5.89. The molecule has 0 spiro atoms. The minimum Gasteiger partial charge on any atom is -0.457 e. The van der Waals surface area contributed by atoms with Gasteiger partial charge in [-0.2, -0.15) is 0 Å². The molecule has 5 rings (SSSR count). The van der Waals surface area contributed by atoms with Gasteiger partial charge in [-0.15, -0.1) is 0 Å². The molecule has 1 aliphatic carbocycles. The Morgan fingerprint density at radius 2 is 1.31 bits per heavy atom. The van der Waals surface area contributed by atoms with Crippen molar-refractivity contribution in [1.29, 1.82) is 0 Å². The van der Waals surface area contributed by atoms with Gasteiger partial charge in [0.15, 0.2) is 0 Å². The van der Waals surface area contributed by atoms with Gasteiger partial charge in [-0.3, -0.25) is 0 Å². The molecule has 0 heterocycles. The van der Waals surface area contributed by atoms with E-state index in [-0.39, 0.29) is 0 Å². The van der Waals surface area contributed by atoms with Gasteiger partial charge in [-0.05, 0) is 64.3 Å². The summed E-state index contributed by atoms with van der Waals surface area (Å²) in [6.07, 6.45) is 6.58. The Balaban J connectivity index is 1.36. The van der Waals surface area contributed by atoms with Gasteiger partial charge in [-0.1, -0.05) is 113 Å². The fraction of sp³-hybridized carbons (Fsp3) is 0.200. The molecule has 0 saturated heterocycles. The molecule has 0 radical (unpaired) electrons. The third kappa shape index (κ3) is 4.95. The Bertz CT molecular complexity index is 1140. The van der Waals surface area contributed by atoms with Gasteiger partial charge in [-0.25, -0.2) is 0 Å². The van der Waals surface area contributed by atoms with Crippen molar-refractivity contribution in [3.63, 3.8) is 0 Å². The second kappa shape index (κ2) is 10.2. The Kier molecular flexibility index (Phi) is 6.66. The number of ether oxygens (including phenoxy) is 1. The van der Waals surface area contributed by atoms with Crippen LogP contribution in [-0.2, 0) is 0 Å². The van der Waals surface area contributed by atoms with Crippen molar-refractivity contribution in [2.45, 2.75) is 38.0 Å². The van der Waals surface area contributed by atoms with Gasteiger partial charge in [0.25, 0.3) is 0 Å². The van der Waals surface area contributed by atoms with Crippen LogP contribution in [-0.4, -0.2) is 0 Å². The van der Waals surface area contributed by atoms with Crippen LogP contribution in [0.15, 0.2) is 103 Å². The molecular formula is C30H29OP. The van der Waals surface area contributed by atoms with E-state index < -0.39 is 0 Å². The summed E-state index contributed by atoms with van der Waals surface area (Å²) in [7, 11) is 0.645. The predicted octanol–water partition coefficient (Wildman–Crippen LogP) is 7.82. The summed E-state index contributed by atoms with van der Waals surface area (Å²) in [6, 6.07) is 36.6. The van der Waals surface area contributed by atoms with Gasteiger partial charge < -0.3 is 4.74 Å². The first-order valence-electron chi connectivity index (χ1n) is 11.7. The van der Waals surface area contributed by atoms with Crippen molar-refractivity contribution in [3.8, 4) is 22.6 Å². The molecule has 32 heavy (non-hydrogen) atoms. The lowest BCUT2D eigenvalue weighted by Crippen LogP contribution is -2.06. The molecule has 1 unspecified atom stereocenters. The van der Waals surface area contributed by atoms with E-state index in [1.807, 2.05) is 0 Å². The maximum Gasteiger partial charge on any atom is 0.130 e. The number of hydrogen-bond donors (Lipinski definition) is 0. The lowest BCUT2D eigenvalue weighted by molar-refractivity contribution is 0.419. The Labute approximate surface area is 193 Å². The Morgan fingerprint density at radius 3 is 2.12 bits per heavy atom. The summed E-state index contributed by atoms with van der Waals surface area (Å²) in [4.78, 5) is 0. The average molecular weight is 437 g/mol. The Hall–Kier alpha value is -2.89. The summed E-state index contributed by atoms with van der Waals surface area (Å²) < 4.78 is 6.38. The van der Waals surface area contributed by atoms with Gasteiger partial charge >= 0.3 is 0 Å². The number of rotatable bonds is 6. The van der Waals surface area contributed by atoms with Crippen molar-refractivity contribution >= 4 is 19.2 Å². The van der Waals surface area contributed by atoms with Crippen LogP contribution in [0.3, 0.4) is 0 Å². The molecule has 4 aromatic carbocycles. The highest BCUT2D eigenvalue weighted by Gasteiger charge is 2.19. The van der Waals surface area contributed by atoms with Crippen LogP contribution in [0, 0.1) is 0 Å². The Morgan fingerprint density at radius 1 is 0.625 bits per heavy atom. The molecule has 0 aliphatic heterocycles. The topological polar surface area (TPSA) is 9.23 Å². The highest BCUT2D eigenvalue weighted by Crippen LogP contribution is 2.39. The van der Waals surface area contributed by atoms with Crippen molar-refractivity contribution in [3.05, 3.63) is 109 Å². The van der Waals surface area contributed by atoms with Crippen LogP contribution in [0.25, 0.3) is 11.1 Å². The summed E-state index contributed by atoms with van der Waals surface area (Å²) in [5, 5.41) is 2.73. The first-order valence-corrected chi connectivity index (χ1v) is 12.7. The average Bonchev–Trinajstić information content (AvgIpc) is 2.87. The van der Waals surface area contributed by atoms with Gasteiger partial charge in [0, 0.05) is 0 Å². The van der Waals surface area contributed by atoms with E-state index in [0.29, 0.717) is 14.5 Å². The van der Waals surface area contributed by atoms with E-state index in [1.54, 1.807) is 0 Å². The van der Waals surface area contributed by atoms with E-state index >= 15 is 0 Å². The standard InChI is InChI=1S/C30H29OP/c1-3-11-23(12-4-1)27-15-7-9-17-29(27)31-25-21-19-24(20-22-25)28-16-8-10-18-30(28)32-26-13-5-2-6-14-26/h2,5-10,13-23,32H,1,3-4,11-12H2. The van der Waals surface area contributed by atoms with E-state index in [4.69, 9.17) is 4.74 Å². The molecule has 0 aromatic heterocycles. The first-order chi connectivity index (χ1) is 15.9. The minimum atomic E-state index is 0.630. The van der Waals surface area contributed by atoms with Crippen LogP contribution in [0.1, 0.15) is 43.6 Å². The third-order valence-electron chi connectivity index (χ3n) is 6.34. The third-order valence-corrected chi connectivity index (χ3v) is 7.66. The second-order valence-corrected chi connectivity index (χ2v) is 9.90. The maximum atomic E-state index is 6.38. The molecule has 4 aromatic rings. The molecule has 1 aliphatic rings. The van der Waals surface area contributed by atoms with E-state index in [0.717, 1.165) is 11.5 Å². The maximum absolute atomic E-state index is 6.38. The van der Waals surface area contributed by atoms with Crippen LogP contribution in [0.4, 0.5) is 0 Å². The quantitative estimate of drug-likeness (QED) is 0.280. The first kappa shape index (κ1) is 21.0. The lowest BCUT2D eigenvalue weighted by Gasteiger charge is -2.24. The second-order valence-electron chi connectivity index (χ2n) is 8.54. The zero-order valence-corrected chi connectivity index (χ0v) is 19.3. The number of hydrogen-bond acceptors (Lipinski definition) is 1. The molecule has 2 heteroatoms. The molecule has 1 saturated carbocycles. The molecule has 160 valence electrons.